The fourth-order valence-electron chi connectivity index (χ4n) is 11.2. The molecule has 1 aliphatic carbocycles. The predicted octanol–water partition coefficient (Wildman–Crippen LogP) is 17.9. The molecule has 0 bridgehead atoms. The molecule has 70 heavy (non-hydrogen) atoms. The van der Waals surface area contributed by atoms with Gasteiger partial charge in [-0.25, -0.2) is 0 Å². The molecule has 13 rings (SSSR count). The van der Waals surface area contributed by atoms with Gasteiger partial charge in [0, 0.05) is 45.4 Å². The van der Waals surface area contributed by atoms with Gasteiger partial charge in [0.25, 0.3) is 0 Å². The predicted molar refractivity (Wildman–Crippen MR) is 293 cm³/mol. The van der Waals surface area contributed by atoms with E-state index >= 15 is 0 Å². The normalized spacial score (nSPS) is 12.8. The van der Waals surface area contributed by atoms with Gasteiger partial charge in [0.1, 0.15) is 0 Å². The molecule has 330 valence electrons. The van der Waals surface area contributed by atoms with E-state index in [1.807, 2.05) is 0 Å². The van der Waals surface area contributed by atoms with Gasteiger partial charge in [-0.3, -0.25) is 0 Å². The second kappa shape index (κ2) is 17.6. The lowest BCUT2D eigenvalue weighted by atomic mass is 9.83. The van der Waals surface area contributed by atoms with E-state index in [0.29, 0.717) is 0 Å². The first-order valence-corrected chi connectivity index (χ1v) is 24.3. The number of nitrogens with zero attached hydrogens (tertiary/aromatic N) is 2. The van der Waals surface area contributed by atoms with Gasteiger partial charge in [0.05, 0.1) is 11.0 Å². The average Bonchev–Trinajstić information content (AvgIpc) is 3.95. The largest absolute Gasteiger partial charge is 0.310 e. The van der Waals surface area contributed by atoms with Gasteiger partial charge in [0.2, 0.25) is 0 Å². The molecule has 0 saturated heterocycles. The monoisotopic (exact) mass is 892 g/mol. The topological polar surface area (TPSA) is 8.17 Å². The third-order valence-corrected chi connectivity index (χ3v) is 14.4. The fraction of sp³-hybridized carbons (Fsp3) is 0.0294. The zero-order chi connectivity index (χ0) is 46.4. The van der Waals surface area contributed by atoms with Gasteiger partial charge in [-0.1, -0.05) is 218 Å². The minimum absolute atomic E-state index is 0.0180. The Balaban J connectivity index is 1.03. The molecule has 12 aromatic rings. The number of hydrogen-bond acceptors (Lipinski definition) is 1. The Hall–Kier alpha value is -8.98. The van der Waals surface area contributed by atoms with Crippen molar-refractivity contribution in [2.24, 2.45) is 0 Å². The molecule has 2 nitrogen and oxygen atoms in total. The van der Waals surface area contributed by atoms with Crippen molar-refractivity contribution in [1.29, 1.82) is 0 Å². The standard InChI is InChI=1S/C68H48N2/c1-6-20-47(21-7-1)48-34-37-56(38-35-48)70-65-33-19-18-31-60(65)61-40-36-52(45-66(61)70)53-42-54(67(49-22-8-2-9-23-49)50-24-10-3-11-25-50)44-58(43-53)69(55-28-14-5-15-29-55)57-39-41-63-64(46-57)59-30-16-17-32-62(59)68(63)51-26-12-4-13-27-51/h1-46,67-68H. The van der Waals surface area contributed by atoms with Crippen LogP contribution in [0.25, 0.3) is 60.9 Å². The third-order valence-electron chi connectivity index (χ3n) is 14.4. The van der Waals surface area contributed by atoms with Crippen LogP contribution in [0.3, 0.4) is 0 Å². The zero-order valence-electron chi connectivity index (χ0n) is 38.6. The summed E-state index contributed by atoms with van der Waals surface area (Å²) in [5, 5.41) is 2.47. The van der Waals surface area contributed by atoms with Gasteiger partial charge in [-0.15, -0.1) is 0 Å². The number of hydrogen-bond donors (Lipinski definition) is 0. The van der Waals surface area contributed by atoms with Crippen molar-refractivity contribution in [1.82, 2.24) is 4.57 Å². The Kier molecular flexibility index (Phi) is 10.4. The lowest BCUT2D eigenvalue weighted by Crippen LogP contribution is -2.12. The van der Waals surface area contributed by atoms with E-state index in [1.54, 1.807) is 0 Å². The highest BCUT2D eigenvalue weighted by atomic mass is 15.1. The Morgan fingerprint density at radius 2 is 0.886 bits per heavy atom. The fourth-order valence-corrected chi connectivity index (χ4v) is 11.2. The van der Waals surface area contributed by atoms with E-state index in [9.17, 15) is 0 Å². The average molecular weight is 893 g/mol. The van der Waals surface area contributed by atoms with Gasteiger partial charge in [-0.2, -0.15) is 0 Å². The first-order chi connectivity index (χ1) is 34.7. The van der Waals surface area contributed by atoms with Crippen LogP contribution in [0.5, 0.6) is 0 Å². The molecule has 1 atom stereocenters. The van der Waals surface area contributed by atoms with Crippen molar-refractivity contribution in [2.45, 2.75) is 11.8 Å². The van der Waals surface area contributed by atoms with Crippen LogP contribution < -0.4 is 4.90 Å². The van der Waals surface area contributed by atoms with E-state index in [0.717, 1.165) is 33.9 Å². The molecule has 0 fully saturated rings. The molecule has 0 amide bonds. The van der Waals surface area contributed by atoms with Crippen molar-refractivity contribution < 1.29 is 0 Å². The molecule has 0 radical (unpaired) electrons. The highest BCUT2D eigenvalue weighted by molar-refractivity contribution is 6.10. The molecule has 1 unspecified atom stereocenters. The summed E-state index contributed by atoms with van der Waals surface area (Å²) >= 11 is 0. The van der Waals surface area contributed by atoms with Gasteiger partial charge < -0.3 is 9.47 Å². The minimum Gasteiger partial charge on any atom is -0.310 e. The SMILES string of the molecule is c1ccc(-c2ccc(-n3c4ccccc4c4ccc(-c5cc(C(c6ccccc6)c6ccccc6)cc(N(c6ccccc6)c6ccc7c(c6)-c6ccccc6C7c6ccccc6)c5)cc43)cc2)cc1. The van der Waals surface area contributed by atoms with E-state index in [-0.39, 0.29) is 11.8 Å². The van der Waals surface area contributed by atoms with Crippen LogP contribution >= 0.6 is 0 Å². The molecule has 0 spiro atoms. The zero-order valence-corrected chi connectivity index (χ0v) is 38.6. The van der Waals surface area contributed by atoms with E-state index in [4.69, 9.17) is 0 Å². The second-order valence-electron chi connectivity index (χ2n) is 18.4. The molecule has 1 heterocycles. The molecule has 1 aromatic heterocycles. The maximum atomic E-state index is 2.46. The lowest BCUT2D eigenvalue weighted by molar-refractivity contribution is 0.977. The van der Waals surface area contributed by atoms with Crippen molar-refractivity contribution in [3.63, 3.8) is 0 Å². The van der Waals surface area contributed by atoms with Crippen molar-refractivity contribution in [2.75, 3.05) is 4.90 Å². The molecular formula is C68H48N2. The third kappa shape index (κ3) is 7.30. The van der Waals surface area contributed by atoms with E-state index in [1.165, 1.54) is 77.4 Å². The second-order valence-corrected chi connectivity index (χ2v) is 18.4. The number of anilines is 3. The van der Waals surface area contributed by atoms with Crippen LogP contribution in [0.15, 0.2) is 279 Å². The smallest absolute Gasteiger partial charge is 0.0547 e. The molecule has 1 aliphatic rings. The molecule has 11 aromatic carbocycles. The summed E-state index contributed by atoms with van der Waals surface area (Å²) in [6.07, 6.45) is 0. The van der Waals surface area contributed by atoms with Crippen LogP contribution in [0.4, 0.5) is 17.1 Å². The first kappa shape index (κ1) is 41.2. The number of rotatable bonds is 10. The lowest BCUT2D eigenvalue weighted by Gasteiger charge is -2.29. The summed E-state index contributed by atoms with van der Waals surface area (Å²) in [7, 11) is 0. The number of aromatic nitrogens is 1. The van der Waals surface area contributed by atoms with E-state index < -0.39 is 0 Å². The van der Waals surface area contributed by atoms with Crippen molar-refractivity contribution >= 4 is 38.9 Å². The van der Waals surface area contributed by atoms with Crippen molar-refractivity contribution in [3.05, 3.63) is 312 Å². The highest BCUT2D eigenvalue weighted by Crippen LogP contribution is 2.51. The summed E-state index contributed by atoms with van der Waals surface area (Å²) < 4.78 is 2.44. The summed E-state index contributed by atoms with van der Waals surface area (Å²) in [4.78, 5) is 2.46. The summed E-state index contributed by atoms with van der Waals surface area (Å²) in [6.45, 7) is 0. The Labute approximate surface area is 409 Å². The molecule has 0 N–H and O–H groups in total. The van der Waals surface area contributed by atoms with Gasteiger partial charge in [-0.05, 0) is 127 Å². The Morgan fingerprint density at radius 1 is 0.314 bits per heavy atom. The minimum atomic E-state index is -0.0180. The molecule has 2 heteroatoms. The van der Waals surface area contributed by atoms with Crippen molar-refractivity contribution in [3.8, 4) is 39.1 Å². The Morgan fingerprint density at radius 3 is 1.61 bits per heavy atom. The van der Waals surface area contributed by atoms with Crippen LogP contribution in [0.2, 0.25) is 0 Å². The van der Waals surface area contributed by atoms with E-state index in [2.05, 4.69) is 289 Å². The molecule has 0 saturated carbocycles. The maximum Gasteiger partial charge on any atom is 0.0547 e. The summed E-state index contributed by atoms with van der Waals surface area (Å²) in [5.41, 5.74) is 21.8. The van der Waals surface area contributed by atoms with Crippen LogP contribution in [0.1, 0.15) is 45.2 Å². The van der Waals surface area contributed by atoms with Crippen LogP contribution in [-0.4, -0.2) is 4.57 Å². The van der Waals surface area contributed by atoms with Crippen LogP contribution in [0, 0.1) is 0 Å². The maximum absolute atomic E-state index is 2.46. The Bertz CT molecular complexity index is 3760. The summed E-state index contributed by atoms with van der Waals surface area (Å²) in [5.74, 6) is 0.155. The van der Waals surface area contributed by atoms with Gasteiger partial charge in [0.15, 0.2) is 0 Å². The molecular weight excluding hydrogens is 845 g/mol. The number of fused-ring (bicyclic) bond motifs is 6. The number of benzene rings is 11. The molecule has 0 aliphatic heterocycles. The highest BCUT2D eigenvalue weighted by Gasteiger charge is 2.31. The summed E-state index contributed by atoms with van der Waals surface area (Å²) in [6, 6.07) is 103. The number of para-hydroxylation sites is 2. The van der Waals surface area contributed by atoms with Gasteiger partial charge >= 0.3 is 0 Å². The van der Waals surface area contributed by atoms with Crippen LogP contribution in [-0.2, 0) is 0 Å². The quantitative estimate of drug-likeness (QED) is 0.124. The first-order valence-electron chi connectivity index (χ1n) is 24.3.